The maximum absolute atomic E-state index is 6.60. The average Bonchev–Trinajstić information content (AvgIpc) is 2.54. The van der Waals surface area contributed by atoms with Gasteiger partial charge in [0.1, 0.15) is 0 Å². The number of hydrogen-bond acceptors (Lipinski definition) is 0. The fraction of sp³-hybridized carbons (Fsp3) is 0.100. The third-order valence-corrected chi connectivity index (χ3v) is 4.27. The van der Waals surface area contributed by atoms with E-state index in [1.807, 2.05) is 30.3 Å². The van der Waals surface area contributed by atoms with Gasteiger partial charge in [0.2, 0.25) is 0 Å². The molecule has 1 atom stereocenters. The van der Waals surface area contributed by atoms with Crippen molar-refractivity contribution in [2.24, 2.45) is 0 Å². The maximum atomic E-state index is 6.60. The van der Waals surface area contributed by atoms with Crippen LogP contribution in [0, 0.1) is 12.3 Å². The minimum Gasteiger partial charge on any atom is -0.119 e. The second-order valence-electron chi connectivity index (χ2n) is 5.06. The number of fused-ring (bicyclic) bond motifs is 2. The summed E-state index contributed by atoms with van der Waals surface area (Å²) in [7, 11) is 0. The molecule has 3 aromatic rings. The monoisotopic (exact) mass is 290 g/mol. The Morgan fingerprint density at radius 2 is 1.48 bits per heavy atom. The predicted molar refractivity (Wildman–Crippen MR) is 92.9 cm³/mol. The summed E-state index contributed by atoms with van der Waals surface area (Å²) >= 11 is 6.60. The first-order valence-corrected chi connectivity index (χ1v) is 7.31. The van der Waals surface area contributed by atoms with Crippen LogP contribution in [0.25, 0.3) is 21.5 Å². The van der Waals surface area contributed by atoms with Crippen molar-refractivity contribution in [3.05, 3.63) is 71.8 Å². The van der Waals surface area contributed by atoms with Gasteiger partial charge in [0.05, 0.1) is 5.02 Å². The van der Waals surface area contributed by atoms with E-state index < -0.39 is 0 Å². The summed E-state index contributed by atoms with van der Waals surface area (Å²) in [5.41, 5.74) is 1.17. The van der Waals surface area contributed by atoms with Crippen molar-refractivity contribution in [1.29, 1.82) is 0 Å². The zero-order valence-electron chi connectivity index (χ0n) is 11.6. The second-order valence-corrected chi connectivity index (χ2v) is 5.44. The molecular formula is C20H15Cl. The van der Waals surface area contributed by atoms with E-state index in [1.54, 1.807) is 0 Å². The van der Waals surface area contributed by atoms with Crippen molar-refractivity contribution in [2.75, 3.05) is 0 Å². The summed E-state index contributed by atoms with van der Waals surface area (Å²) in [4.78, 5) is 0. The Morgan fingerprint density at radius 3 is 1.90 bits per heavy atom. The van der Waals surface area contributed by atoms with E-state index in [2.05, 4.69) is 36.8 Å². The summed E-state index contributed by atoms with van der Waals surface area (Å²) in [6.07, 6.45) is 8.41. The van der Waals surface area contributed by atoms with Gasteiger partial charge in [-0.2, -0.15) is 0 Å². The van der Waals surface area contributed by atoms with Crippen molar-refractivity contribution in [2.45, 2.75) is 12.3 Å². The molecule has 1 unspecified atom stereocenters. The normalized spacial score (nSPS) is 12.2. The third-order valence-electron chi connectivity index (χ3n) is 3.86. The van der Waals surface area contributed by atoms with Crippen LogP contribution in [-0.2, 0) is 0 Å². The molecule has 0 saturated carbocycles. The minimum absolute atomic E-state index is 0.00886. The summed E-state index contributed by atoms with van der Waals surface area (Å²) in [6, 6.07) is 16.4. The first-order valence-electron chi connectivity index (χ1n) is 6.93. The van der Waals surface area contributed by atoms with Crippen LogP contribution in [0.4, 0.5) is 0 Å². The highest BCUT2D eigenvalue weighted by atomic mass is 35.5. The number of allylic oxidation sites excluding steroid dienone is 1. The van der Waals surface area contributed by atoms with Gasteiger partial charge in [-0.3, -0.25) is 0 Å². The first kappa shape index (κ1) is 13.7. The lowest BCUT2D eigenvalue weighted by Gasteiger charge is -2.17. The molecule has 0 heterocycles. The van der Waals surface area contributed by atoms with Crippen molar-refractivity contribution >= 4 is 33.1 Å². The van der Waals surface area contributed by atoms with Crippen LogP contribution in [0.15, 0.2) is 61.2 Å². The van der Waals surface area contributed by atoms with Gasteiger partial charge in [0, 0.05) is 16.7 Å². The fourth-order valence-electron chi connectivity index (χ4n) is 2.92. The number of terminal acetylenes is 1. The fourth-order valence-corrected chi connectivity index (χ4v) is 3.25. The molecule has 0 nitrogen and oxygen atoms in total. The zero-order chi connectivity index (χ0) is 14.8. The van der Waals surface area contributed by atoms with Gasteiger partial charge < -0.3 is 0 Å². The maximum Gasteiger partial charge on any atom is 0.0562 e. The number of benzene rings is 3. The molecule has 0 radical (unpaired) electrons. The Labute approximate surface area is 130 Å². The SMILES string of the molecule is C#CC(CC=C)c1c2ccccc2c(Cl)c2ccccc12. The van der Waals surface area contributed by atoms with Crippen LogP contribution in [0.1, 0.15) is 17.9 Å². The van der Waals surface area contributed by atoms with Crippen LogP contribution in [0.5, 0.6) is 0 Å². The number of rotatable bonds is 3. The summed E-state index contributed by atoms with van der Waals surface area (Å²) < 4.78 is 0. The van der Waals surface area contributed by atoms with Gasteiger partial charge in [-0.25, -0.2) is 0 Å². The van der Waals surface area contributed by atoms with Gasteiger partial charge in [-0.05, 0) is 22.8 Å². The highest BCUT2D eigenvalue weighted by Crippen LogP contribution is 2.40. The molecule has 0 aliphatic rings. The molecule has 102 valence electrons. The molecule has 0 spiro atoms. The lowest BCUT2D eigenvalue weighted by molar-refractivity contribution is 0.913. The lowest BCUT2D eigenvalue weighted by Crippen LogP contribution is -1.98. The van der Waals surface area contributed by atoms with Crippen molar-refractivity contribution in [3.63, 3.8) is 0 Å². The van der Waals surface area contributed by atoms with Crippen LogP contribution in [-0.4, -0.2) is 0 Å². The molecule has 1 heteroatoms. The minimum atomic E-state index is 0.00886. The van der Waals surface area contributed by atoms with E-state index >= 15 is 0 Å². The molecule has 0 bridgehead atoms. The van der Waals surface area contributed by atoms with E-state index in [0.717, 1.165) is 33.0 Å². The lowest BCUT2D eigenvalue weighted by atomic mass is 9.87. The molecule has 0 N–H and O–H groups in total. The Bertz CT molecular complexity index is 811. The Hall–Kier alpha value is -2.23. The van der Waals surface area contributed by atoms with Crippen LogP contribution >= 0.6 is 11.6 Å². The third kappa shape index (κ3) is 2.20. The summed E-state index contributed by atoms with van der Waals surface area (Å²) in [5.74, 6) is 2.92. The van der Waals surface area contributed by atoms with Gasteiger partial charge in [0.25, 0.3) is 0 Å². The number of hydrogen-bond donors (Lipinski definition) is 0. The quantitative estimate of drug-likeness (QED) is 0.318. The van der Waals surface area contributed by atoms with Crippen molar-refractivity contribution in [1.82, 2.24) is 0 Å². The predicted octanol–water partition coefficient (Wildman–Crippen LogP) is 5.94. The topological polar surface area (TPSA) is 0 Å². The highest BCUT2D eigenvalue weighted by molar-refractivity contribution is 6.41. The smallest absolute Gasteiger partial charge is 0.0562 e. The van der Waals surface area contributed by atoms with Crippen LogP contribution < -0.4 is 0 Å². The van der Waals surface area contributed by atoms with E-state index in [0.29, 0.717) is 0 Å². The molecular weight excluding hydrogens is 276 g/mol. The molecule has 0 fully saturated rings. The molecule has 0 aliphatic carbocycles. The van der Waals surface area contributed by atoms with E-state index in [-0.39, 0.29) is 5.92 Å². The highest BCUT2D eigenvalue weighted by Gasteiger charge is 2.17. The zero-order valence-corrected chi connectivity index (χ0v) is 12.4. The summed E-state index contributed by atoms with van der Waals surface area (Å²) in [6.45, 7) is 3.83. The van der Waals surface area contributed by atoms with E-state index in [1.165, 1.54) is 5.56 Å². The van der Waals surface area contributed by atoms with Gasteiger partial charge in [-0.1, -0.05) is 72.1 Å². The first-order chi connectivity index (χ1) is 10.3. The van der Waals surface area contributed by atoms with Crippen LogP contribution in [0.3, 0.4) is 0 Å². The largest absolute Gasteiger partial charge is 0.119 e. The molecule has 3 aromatic carbocycles. The second kappa shape index (κ2) is 5.64. The molecule has 0 aliphatic heterocycles. The van der Waals surface area contributed by atoms with Crippen molar-refractivity contribution < 1.29 is 0 Å². The Morgan fingerprint density at radius 1 is 1.00 bits per heavy atom. The molecule has 0 saturated heterocycles. The van der Waals surface area contributed by atoms with Gasteiger partial charge in [0.15, 0.2) is 0 Å². The standard InChI is InChI=1S/C20H15Cl/c1-3-9-14(4-2)19-15-10-5-7-12-17(15)20(21)18-13-8-6-11-16(18)19/h2-3,5-8,10-14H,1,9H2. The molecule has 3 rings (SSSR count). The van der Waals surface area contributed by atoms with Crippen molar-refractivity contribution in [3.8, 4) is 12.3 Å². The summed E-state index contributed by atoms with van der Waals surface area (Å²) in [5, 5.41) is 5.16. The van der Waals surface area contributed by atoms with Gasteiger partial charge >= 0.3 is 0 Å². The molecule has 0 aromatic heterocycles. The molecule has 21 heavy (non-hydrogen) atoms. The molecule has 0 amide bonds. The Balaban J connectivity index is 2.51. The van der Waals surface area contributed by atoms with E-state index in [9.17, 15) is 0 Å². The van der Waals surface area contributed by atoms with Gasteiger partial charge in [-0.15, -0.1) is 13.0 Å². The Kier molecular flexibility index (Phi) is 3.69. The van der Waals surface area contributed by atoms with Crippen LogP contribution in [0.2, 0.25) is 5.02 Å². The average molecular weight is 291 g/mol. The number of halogens is 1. The van der Waals surface area contributed by atoms with E-state index in [4.69, 9.17) is 18.0 Å².